The molecule has 5 rings (SSSR count). The predicted molar refractivity (Wildman–Crippen MR) is 119 cm³/mol. The van der Waals surface area contributed by atoms with Gasteiger partial charge in [0.2, 0.25) is 17.7 Å². The summed E-state index contributed by atoms with van der Waals surface area (Å²) in [6, 6.07) is 12.2. The molecule has 3 heterocycles. The van der Waals surface area contributed by atoms with Gasteiger partial charge in [0.25, 0.3) is 5.69 Å². The standard InChI is InChI=1S/C22H20N4O5S/c1-32-10-9-16-17-18(22(24-16)14-7-2-3-8-15(14)23-21(22)29)20(28)25(19(17)27)12-5-4-6-13(11-12)26(30)31/h2-8,11,16-18,24H,9-10H2,1H3,(H,23,29)/t16-,17-,18+,22+/m1/s1. The second kappa shape index (κ2) is 7.42. The van der Waals surface area contributed by atoms with E-state index in [9.17, 15) is 24.5 Å². The van der Waals surface area contributed by atoms with E-state index in [1.54, 1.807) is 36.0 Å². The molecule has 1 spiro atoms. The van der Waals surface area contributed by atoms with Crippen LogP contribution in [0.15, 0.2) is 48.5 Å². The van der Waals surface area contributed by atoms with E-state index < -0.39 is 34.1 Å². The molecule has 0 bridgehead atoms. The predicted octanol–water partition coefficient (Wildman–Crippen LogP) is 2.27. The van der Waals surface area contributed by atoms with Crippen LogP contribution in [0.25, 0.3) is 0 Å². The second-order valence-electron chi connectivity index (χ2n) is 8.13. The van der Waals surface area contributed by atoms with E-state index in [-0.39, 0.29) is 23.3 Å². The normalized spacial score (nSPS) is 28.2. The van der Waals surface area contributed by atoms with Gasteiger partial charge in [0, 0.05) is 29.4 Å². The van der Waals surface area contributed by atoms with Gasteiger partial charge in [0.05, 0.1) is 22.4 Å². The Bertz CT molecular complexity index is 1170. The third-order valence-corrected chi connectivity index (χ3v) is 7.20. The Kier molecular flexibility index (Phi) is 4.79. The maximum absolute atomic E-state index is 13.7. The number of carbonyl (C=O) groups is 3. The van der Waals surface area contributed by atoms with E-state index in [0.29, 0.717) is 17.7 Å². The van der Waals surface area contributed by atoms with Crippen molar-refractivity contribution in [3.8, 4) is 0 Å². The minimum atomic E-state index is -1.35. The van der Waals surface area contributed by atoms with Crippen molar-refractivity contribution in [2.24, 2.45) is 11.8 Å². The molecule has 0 radical (unpaired) electrons. The highest BCUT2D eigenvalue weighted by molar-refractivity contribution is 7.98. The highest BCUT2D eigenvalue weighted by Crippen LogP contribution is 2.54. The number of imide groups is 1. The average Bonchev–Trinajstić information content (AvgIpc) is 3.37. The Labute approximate surface area is 187 Å². The lowest BCUT2D eigenvalue weighted by Crippen LogP contribution is -2.53. The van der Waals surface area contributed by atoms with Crippen molar-refractivity contribution in [2.75, 3.05) is 22.2 Å². The number of amides is 3. The number of anilines is 2. The number of non-ortho nitro benzene ring substituents is 1. The van der Waals surface area contributed by atoms with Gasteiger partial charge in [-0.05, 0) is 30.6 Å². The van der Waals surface area contributed by atoms with Gasteiger partial charge in [0.1, 0.15) is 5.54 Å². The van der Waals surface area contributed by atoms with Crippen LogP contribution in [0.2, 0.25) is 0 Å². The lowest BCUT2D eigenvalue weighted by Gasteiger charge is -2.29. The number of carbonyl (C=O) groups excluding carboxylic acids is 3. The van der Waals surface area contributed by atoms with Gasteiger partial charge >= 0.3 is 0 Å². The molecule has 0 aromatic heterocycles. The largest absolute Gasteiger partial charge is 0.324 e. The van der Waals surface area contributed by atoms with Crippen molar-refractivity contribution in [2.45, 2.75) is 18.0 Å². The number of nitro groups is 1. The zero-order valence-electron chi connectivity index (χ0n) is 17.1. The maximum atomic E-state index is 13.7. The fourth-order valence-electron chi connectivity index (χ4n) is 5.25. The quantitative estimate of drug-likeness (QED) is 0.405. The molecule has 2 N–H and O–H groups in total. The first-order valence-electron chi connectivity index (χ1n) is 10.2. The summed E-state index contributed by atoms with van der Waals surface area (Å²) in [7, 11) is 0. The maximum Gasteiger partial charge on any atom is 0.271 e. The molecule has 3 amide bonds. The summed E-state index contributed by atoms with van der Waals surface area (Å²) in [5, 5.41) is 17.5. The zero-order valence-corrected chi connectivity index (χ0v) is 17.9. The molecular weight excluding hydrogens is 432 g/mol. The van der Waals surface area contributed by atoms with Crippen LogP contribution in [-0.2, 0) is 19.9 Å². The Morgan fingerprint density at radius 3 is 2.66 bits per heavy atom. The summed E-state index contributed by atoms with van der Waals surface area (Å²) in [6.07, 6.45) is 2.55. The Morgan fingerprint density at radius 1 is 1.12 bits per heavy atom. The first kappa shape index (κ1) is 20.7. The van der Waals surface area contributed by atoms with E-state index in [4.69, 9.17) is 0 Å². The molecule has 164 valence electrons. The van der Waals surface area contributed by atoms with Crippen molar-refractivity contribution in [3.63, 3.8) is 0 Å². The van der Waals surface area contributed by atoms with Crippen molar-refractivity contribution in [1.82, 2.24) is 5.32 Å². The fourth-order valence-corrected chi connectivity index (χ4v) is 5.74. The molecule has 10 heteroatoms. The molecule has 0 aliphatic carbocycles. The highest BCUT2D eigenvalue weighted by Gasteiger charge is 2.70. The summed E-state index contributed by atoms with van der Waals surface area (Å²) in [6.45, 7) is 0. The molecule has 4 atom stereocenters. The fraction of sp³-hybridized carbons (Fsp3) is 0.318. The van der Waals surface area contributed by atoms with Gasteiger partial charge in [-0.1, -0.05) is 24.3 Å². The Hall–Kier alpha value is -3.24. The number of fused-ring (bicyclic) bond motifs is 4. The molecule has 2 aromatic rings. The van der Waals surface area contributed by atoms with E-state index in [0.717, 1.165) is 10.7 Å². The molecule has 0 saturated carbocycles. The van der Waals surface area contributed by atoms with E-state index in [1.165, 1.54) is 24.3 Å². The number of thioether (sulfide) groups is 1. The molecule has 3 aliphatic rings. The van der Waals surface area contributed by atoms with Gasteiger partial charge in [-0.25, -0.2) is 4.90 Å². The molecule has 0 unspecified atom stereocenters. The number of para-hydroxylation sites is 1. The molecule has 2 fully saturated rings. The van der Waals surface area contributed by atoms with Crippen molar-refractivity contribution < 1.29 is 19.3 Å². The topological polar surface area (TPSA) is 122 Å². The molecular formula is C22H20N4O5S. The summed E-state index contributed by atoms with van der Waals surface area (Å²) in [5.41, 5.74) is -0.158. The number of nitro benzene ring substituents is 1. The zero-order chi connectivity index (χ0) is 22.6. The number of hydrogen-bond acceptors (Lipinski definition) is 7. The van der Waals surface area contributed by atoms with Gasteiger partial charge in [-0.3, -0.25) is 29.8 Å². The summed E-state index contributed by atoms with van der Waals surface area (Å²) in [4.78, 5) is 52.3. The minimum Gasteiger partial charge on any atom is -0.324 e. The smallest absolute Gasteiger partial charge is 0.271 e. The summed E-state index contributed by atoms with van der Waals surface area (Å²) in [5.74, 6) is -2.25. The van der Waals surface area contributed by atoms with Crippen LogP contribution >= 0.6 is 11.8 Å². The Balaban J connectivity index is 1.64. The van der Waals surface area contributed by atoms with Crippen molar-refractivity contribution in [1.29, 1.82) is 0 Å². The summed E-state index contributed by atoms with van der Waals surface area (Å²) < 4.78 is 0. The van der Waals surface area contributed by atoms with Gasteiger partial charge < -0.3 is 5.32 Å². The first-order valence-corrected chi connectivity index (χ1v) is 11.6. The number of rotatable bonds is 5. The summed E-state index contributed by atoms with van der Waals surface area (Å²) >= 11 is 1.62. The van der Waals surface area contributed by atoms with Crippen LogP contribution in [0.3, 0.4) is 0 Å². The number of nitrogens with zero attached hydrogens (tertiary/aromatic N) is 2. The van der Waals surface area contributed by atoms with Crippen molar-refractivity contribution >= 4 is 46.5 Å². The van der Waals surface area contributed by atoms with Crippen LogP contribution in [-0.4, -0.2) is 40.7 Å². The molecule has 3 aliphatic heterocycles. The highest BCUT2D eigenvalue weighted by atomic mass is 32.2. The molecule has 2 saturated heterocycles. The molecule has 9 nitrogen and oxygen atoms in total. The Morgan fingerprint density at radius 2 is 1.91 bits per heavy atom. The van der Waals surface area contributed by atoms with Crippen LogP contribution in [0.4, 0.5) is 17.1 Å². The van der Waals surface area contributed by atoms with Gasteiger partial charge in [-0.15, -0.1) is 0 Å². The van der Waals surface area contributed by atoms with E-state index in [2.05, 4.69) is 10.6 Å². The van der Waals surface area contributed by atoms with Crippen LogP contribution < -0.4 is 15.5 Å². The number of benzene rings is 2. The molecule has 2 aromatic carbocycles. The lowest BCUT2D eigenvalue weighted by molar-refractivity contribution is -0.384. The van der Waals surface area contributed by atoms with Gasteiger partial charge in [-0.2, -0.15) is 11.8 Å². The minimum absolute atomic E-state index is 0.147. The van der Waals surface area contributed by atoms with E-state index in [1.807, 2.05) is 6.26 Å². The number of nitrogens with one attached hydrogen (secondary N) is 2. The SMILES string of the molecule is CSCC[C@H]1N[C@]2(C(=O)Nc3ccccc32)[C@@H]2C(=O)N(c3cccc([N+](=O)[O-])c3)C(=O)[C@@H]21. The van der Waals surface area contributed by atoms with Crippen molar-refractivity contribution in [3.05, 3.63) is 64.2 Å². The third-order valence-electron chi connectivity index (χ3n) is 6.55. The lowest BCUT2D eigenvalue weighted by atomic mass is 9.76. The van der Waals surface area contributed by atoms with E-state index >= 15 is 0 Å². The third kappa shape index (κ3) is 2.72. The first-order chi connectivity index (χ1) is 15.4. The van der Waals surface area contributed by atoms with Gasteiger partial charge in [0.15, 0.2) is 0 Å². The molecule has 32 heavy (non-hydrogen) atoms. The average molecular weight is 452 g/mol. The van der Waals surface area contributed by atoms with Crippen LogP contribution in [0.5, 0.6) is 0 Å². The monoisotopic (exact) mass is 452 g/mol. The van der Waals surface area contributed by atoms with Crippen LogP contribution in [0, 0.1) is 22.0 Å². The van der Waals surface area contributed by atoms with Crippen LogP contribution in [0.1, 0.15) is 12.0 Å². The number of hydrogen-bond donors (Lipinski definition) is 2. The second-order valence-corrected chi connectivity index (χ2v) is 9.12.